The van der Waals surface area contributed by atoms with Gasteiger partial charge in [0.1, 0.15) is 0 Å². The predicted octanol–water partition coefficient (Wildman–Crippen LogP) is 3.62. The lowest BCUT2D eigenvalue weighted by Crippen LogP contribution is -2.28. The maximum Gasteiger partial charge on any atom is 0.251 e. The molecule has 0 saturated carbocycles. The highest BCUT2D eigenvalue weighted by Crippen LogP contribution is 2.19. The van der Waals surface area contributed by atoms with Crippen LogP contribution in [-0.2, 0) is 10.0 Å². The third-order valence-corrected chi connectivity index (χ3v) is 6.02. The van der Waals surface area contributed by atoms with Gasteiger partial charge in [0.15, 0.2) is 0 Å². The number of nitrogens with one attached hydrogen (secondary N) is 1. The molecule has 0 fully saturated rings. The second kappa shape index (κ2) is 7.89. The van der Waals surface area contributed by atoms with Crippen LogP contribution in [0.2, 0.25) is 5.02 Å². The number of anilines is 1. The van der Waals surface area contributed by atoms with Crippen molar-refractivity contribution in [1.82, 2.24) is 5.32 Å². The van der Waals surface area contributed by atoms with Crippen molar-refractivity contribution in [3.8, 4) is 0 Å². The Bertz CT molecular complexity index is 834. The van der Waals surface area contributed by atoms with Crippen molar-refractivity contribution >= 4 is 33.2 Å². The largest absolute Gasteiger partial charge is 0.346 e. The van der Waals surface area contributed by atoms with E-state index in [2.05, 4.69) is 5.32 Å². The Morgan fingerprint density at radius 2 is 1.68 bits per heavy atom. The molecule has 0 aliphatic rings. The second-order valence-corrected chi connectivity index (χ2v) is 8.39. The zero-order chi connectivity index (χ0) is 18.6. The highest BCUT2D eigenvalue weighted by molar-refractivity contribution is 7.92. The number of hydrogen-bond donors (Lipinski definition) is 1. The van der Waals surface area contributed by atoms with Crippen molar-refractivity contribution in [2.75, 3.05) is 17.1 Å². The van der Waals surface area contributed by atoms with Gasteiger partial charge in [-0.1, -0.05) is 23.7 Å². The average Bonchev–Trinajstić information content (AvgIpc) is 2.61. The topological polar surface area (TPSA) is 66.5 Å². The normalized spacial score (nSPS) is 12.5. The summed E-state index contributed by atoms with van der Waals surface area (Å²) in [5, 5.41) is 3.55. The van der Waals surface area contributed by atoms with Crippen LogP contribution in [0.25, 0.3) is 0 Å². The van der Waals surface area contributed by atoms with Crippen molar-refractivity contribution in [3.05, 3.63) is 64.7 Å². The first kappa shape index (κ1) is 19.3. The molecular formula is C18H21ClN2O3S. The zero-order valence-electron chi connectivity index (χ0n) is 14.4. The molecule has 1 atom stereocenters. The summed E-state index contributed by atoms with van der Waals surface area (Å²) in [6, 6.07) is 13.6. The molecule has 7 heteroatoms. The molecule has 0 radical (unpaired) electrons. The Balaban J connectivity index is 2.09. The highest BCUT2D eigenvalue weighted by Gasteiger charge is 2.17. The summed E-state index contributed by atoms with van der Waals surface area (Å²) in [7, 11) is -1.82. The van der Waals surface area contributed by atoms with Crippen LogP contribution in [0.5, 0.6) is 0 Å². The minimum Gasteiger partial charge on any atom is -0.346 e. The van der Waals surface area contributed by atoms with Gasteiger partial charge in [-0.15, -0.1) is 0 Å². The van der Waals surface area contributed by atoms with Gasteiger partial charge in [-0.3, -0.25) is 9.10 Å². The first-order valence-corrected chi connectivity index (χ1v) is 9.86. The summed E-state index contributed by atoms with van der Waals surface area (Å²) in [5.74, 6) is -0.209. The van der Waals surface area contributed by atoms with Crippen molar-refractivity contribution in [2.45, 2.75) is 19.9 Å². The van der Waals surface area contributed by atoms with E-state index in [0.29, 0.717) is 16.3 Å². The van der Waals surface area contributed by atoms with E-state index in [9.17, 15) is 13.2 Å². The number of amides is 1. The van der Waals surface area contributed by atoms with Crippen LogP contribution < -0.4 is 9.62 Å². The van der Waals surface area contributed by atoms with Crippen molar-refractivity contribution in [2.24, 2.45) is 0 Å². The monoisotopic (exact) mass is 380 g/mol. The molecule has 1 amide bonds. The van der Waals surface area contributed by atoms with Gasteiger partial charge in [0.05, 0.1) is 17.5 Å². The van der Waals surface area contributed by atoms with Gasteiger partial charge < -0.3 is 5.32 Å². The van der Waals surface area contributed by atoms with Crippen LogP contribution >= 0.6 is 11.6 Å². The molecule has 0 spiro atoms. The molecule has 0 aliphatic heterocycles. The number of carbonyl (C=O) groups is 1. The fraction of sp³-hybridized carbons (Fsp3) is 0.278. The number of sulfonamides is 1. The Hall–Kier alpha value is -2.05. The van der Waals surface area contributed by atoms with Crippen LogP contribution in [0.4, 0.5) is 5.69 Å². The number of hydrogen-bond acceptors (Lipinski definition) is 3. The Morgan fingerprint density at radius 1 is 1.12 bits per heavy atom. The van der Waals surface area contributed by atoms with Crippen LogP contribution in [0, 0.1) is 0 Å². The molecular weight excluding hydrogens is 360 g/mol. The van der Waals surface area contributed by atoms with Gasteiger partial charge >= 0.3 is 0 Å². The number of benzene rings is 2. The fourth-order valence-electron chi connectivity index (χ4n) is 2.29. The molecule has 0 heterocycles. The summed E-state index contributed by atoms with van der Waals surface area (Å²) in [6.07, 6.45) is 0. The van der Waals surface area contributed by atoms with E-state index in [1.807, 2.05) is 19.1 Å². The maximum atomic E-state index is 12.4. The van der Waals surface area contributed by atoms with E-state index < -0.39 is 10.0 Å². The zero-order valence-corrected chi connectivity index (χ0v) is 15.9. The molecule has 1 N–H and O–H groups in total. The summed E-state index contributed by atoms with van der Waals surface area (Å²) >= 11 is 5.87. The fourth-order valence-corrected chi connectivity index (χ4v) is 3.25. The van der Waals surface area contributed by atoms with E-state index in [1.54, 1.807) is 43.3 Å². The summed E-state index contributed by atoms with van der Waals surface area (Å²) in [6.45, 7) is 3.48. The number of nitrogens with zero attached hydrogens (tertiary/aromatic N) is 1. The molecule has 0 unspecified atom stereocenters. The predicted molar refractivity (Wildman–Crippen MR) is 102 cm³/mol. The molecule has 0 aliphatic carbocycles. The van der Waals surface area contributed by atoms with E-state index in [-0.39, 0.29) is 17.7 Å². The van der Waals surface area contributed by atoms with Gasteiger partial charge in [0.2, 0.25) is 10.0 Å². The Kier molecular flexibility index (Phi) is 6.08. The number of halogens is 1. The SMILES string of the molecule is CCS(=O)(=O)N(C)c1ccc(C(=O)N[C@@H](C)c2ccc(Cl)cc2)cc1. The van der Waals surface area contributed by atoms with E-state index in [0.717, 1.165) is 5.56 Å². The van der Waals surface area contributed by atoms with Crippen LogP contribution in [0.1, 0.15) is 35.8 Å². The molecule has 0 saturated heterocycles. The lowest BCUT2D eigenvalue weighted by Gasteiger charge is -2.19. The molecule has 5 nitrogen and oxygen atoms in total. The smallest absolute Gasteiger partial charge is 0.251 e. The average molecular weight is 381 g/mol. The molecule has 2 aromatic rings. The molecule has 0 bridgehead atoms. The lowest BCUT2D eigenvalue weighted by atomic mass is 10.1. The molecule has 0 aromatic heterocycles. The molecule has 2 aromatic carbocycles. The van der Waals surface area contributed by atoms with Crippen molar-refractivity contribution < 1.29 is 13.2 Å². The van der Waals surface area contributed by atoms with Crippen molar-refractivity contribution in [1.29, 1.82) is 0 Å². The third-order valence-electron chi connectivity index (χ3n) is 3.99. The number of carbonyl (C=O) groups excluding carboxylic acids is 1. The molecule has 25 heavy (non-hydrogen) atoms. The van der Waals surface area contributed by atoms with E-state index >= 15 is 0 Å². The van der Waals surface area contributed by atoms with Gasteiger partial charge in [-0.05, 0) is 55.8 Å². The Labute approximate surface area is 153 Å². The first-order chi connectivity index (χ1) is 11.7. The standard InChI is InChI=1S/C18H21ClN2O3S/c1-4-25(23,24)21(3)17-11-7-15(8-12-17)18(22)20-13(2)14-5-9-16(19)10-6-14/h5-13H,4H2,1-3H3,(H,20,22)/t13-/m0/s1. The van der Waals surface area contributed by atoms with Crippen LogP contribution in [0.15, 0.2) is 48.5 Å². The van der Waals surface area contributed by atoms with Gasteiger partial charge in [-0.25, -0.2) is 8.42 Å². The second-order valence-electron chi connectivity index (χ2n) is 5.66. The molecule has 134 valence electrons. The van der Waals surface area contributed by atoms with Gasteiger partial charge in [0, 0.05) is 17.6 Å². The summed E-state index contributed by atoms with van der Waals surface area (Å²) in [5.41, 5.74) is 1.93. The first-order valence-electron chi connectivity index (χ1n) is 7.87. The Morgan fingerprint density at radius 3 is 2.20 bits per heavy atom. The summed E-state index contributed by atoms with van der Waals surface area (Å²) in [4.78, 5) is 12.4. The maximum absolute atomic E-state index is 12.4. The van der Waals surface area contributed by atoms with Crippen molar-refractivity contribution in [3.63, 3.8) is 0 Å². The van der Waals surface area contributed by atoms with Gasteiger partial charge in [0.25, 0.3) is 5.91 Å². The van der Waals surface area contributed by atoms with E-state index in [1.165, 1.54) is 11.4 Å². The highest BCUT2D eigenvalue weighted by atomic mass is 35.5. The third kappa shape index (κ3) is 4.74. The minimum absolute atomic E-state index is 0.0182. The molecule has 2 rings (SSSR count). The van der Waals surface area contributed by atoms with Gasteiger partial charge in [-0.2, -0.15) is 0 Å². The lowest BCUT2D eigenvalue weighted by molar-refractivity contribution is 0.0940. The number of rotatable bonds is 6. The van der Waals surface area contributed by atoms with Crippen LogP contribution in [-0.4, -0.2) is 27.1 Å². The van der Waals surface area contributed by atoms with E-state index in [4.69, 9.17) is 11.6 Å². The quantitative estimate of drug-likeness (QED) is 0.832. The minimum atomic E-state index is -3.32. The summed E-state index contributed by atoms with van der Waals surface area (Å²) < 4.78 is 25.0. The van der Waals surface area contributed by atoms with Crippen LogP contribution in [0.3, 0.4) is 0 Å².